The summed E-state index contributed by atoms with van der Waals surface area (Å²) in [5.41, 5.74) is -3.66. The average molecular weight is 308 g/mol. The van der Waals surface area contributed by atoms with E-state index in [0.717, 1.165) is 0 Å². The lowest BCUT2D eigenvalue weighted by Crippen LogP contribution is -2.30. The molecule has 1 aromatic carbocycles. The molecule has 0 radical (unpaired) electrons. The van der Waals surface area contributed by atoms with Gasteiger partial charge in [0.05, 0.1) is 13.7 Å². The summed E-state index contributed by atoms with van der Waals surface area (Å²) >= 11 is -0.117. The van der Waals surface area contributed by atoms with Gasteiger partial charge >= 0.3 is 5.51 Å². The highest BCUT2D eigenvalue weighted by molar-refractivity contribution is 8.00. The first kappa shape index (κ1) is 16.6. The fourth-order valence-electron chi connectivity index (χ4n) is 1.35. The Morgan fingerprint density at radius 2 is 2.15 bits per heavy atom. The Labute approximate surface area is 119 Å². The normalized spacial score (nSPS) is 11.2. The van der Waals surface area contributed by atoms with Crippen molar-refractivity contribution in [3.8, 4) is 5.75 Å². The summed E-state index contributed by atoms with van der Waals surface area (Å²) in [5.74, 6) is 0.156. The van der Waals surface area contributed by atoms with Crippen LogP contribution in [0.1, 0.15) is 0 Å². The molecule has 0 unspecified atom stereocenters. The van der Waals surface area contributed by atoms with E-state index in [4.69, 9.17) is 4.74 Å². The maximum absolute atomic E-state index is 11.8. The van der Waals surface area contributed by atoms with Gasteiger partial charge in [-0.15, -0.1) is 0 Å². The number of rotatable bonds is 7. The summed E-state index contributed by atoms with van der Waals surface area (Å²) in [5, 5.41) is 5.26. The number of hydrogen-bond donors (Lipinski definition) is 2. The zero-order valence-electron chi connectivity index (χ0n) is 10.8. The van der Waals surface area contributed by atoms with Crippen molar-refractivity contribution in [1.29, 1.82) is 0 Å². The minimum atomic E-state index is -4.23. The molecule has 0 saturated heterocycles. The third-order valence-corrected chi connectivity index (χ3v) is 2.92. The number of amides is 1. The number of nitrogens with one attached hydrogen (secondary N) is 2. The van der Waals surface area contributed by atoms with Gasteiger partial charge in [0.15, 0.2) is 0 Å². The summed E-state index contributed by atoms with van der Waals surface area (Å²) in [4.78, 5) is 11.5. The third-order valence-electron chi connectivity index (χ3n) is 2.18. The Morgan fingerprint density at radius 1 is 1.40 bits per heavy atom. The van der Waals surface area contributed by atoms with E-state index in [1.165, 1.54) is 7.11 Å². The van der Waals surface area contributed by atoms with Gasteiger partial charge in [-0.2, -0.15) is 13.2 Å². The van der Waals surface area contributed by atoms with Gasteiger partial charge in [0.2, 0.25) is 5.91 Å². The summed E-state index contributed by atoms with van der Waals surface area (Å²) in [6.07, 6.45) is 0. The van der Waals surface area contributed by atoms with Crippen LogP contribution in [0.3, 0.4) is 0 Å². The second-order valence-corrected chi connectivity index (χ2v) is 4.91. The molecule has 0 aliphatic heterocycles. The standard InChI is InChI=1S/C12H15F3N2O2S/c1-19-10-4-2-3-9(7-10)17-11(18)8-16-5-6-20-12(13,14)15/h2-4,7,16H,5-6,8H2,1H3,(H,17,18). The molecule has 1 amide bonds. The molecule has 0 aliphatic rings. The van der Waals surface area contributed by atoms with Crippen molar-refractivity contribution in [2.24, 2.45) is 0 Å². The molecular weight excluding hydrogens is 293 g/mol. The van der Waals surface area contributed by atoms with E-state index in [0.29, 0.717) is 11.4 Å². The van der Waals surface area contributed by atoms with Crippen molar-refractivity contribution in [2.75, 3.05) is 31.3 Å². The van der Waals surface area contributed by atoms with Crippen LogP contribution in [0.5, 0.6) is 5.75 Å². The van der Waals surface area contributed by atoms with Gasteiger partial charge in [0.1, 0.15) is 5.75 Å². The van der Waals surface area contributed by atoms with Crippen molar-refractivity contribution in [3.05, 3.63) is 24.3 Å². The minimum Gasteiger partial charge on any atom is -0.497 e. The first-order valence-electron chi connectivity index (χ1n) is 5.76. The van der Waals surface area contributed by atoms with Crippen molar-refractivity contribution in [3.63, 3.8) is 0 Å². The van der Waals surface area contributed by atoms with Gasteiger partial charge < -0.3 is 15.4 Å². The van der Waals surface area contributed by atoms with Crippen LogP contribution in [0.2, 0.25) is 0 Å². The number of halogens is 3. The Bertz CT molecular complexity index is 441. The van der Waals surface area contributed by atoms with Crippen LogP contribution in [-0.2, 0) is 4.79 Å². The lowest BCUT2D eigenvalue weighted by molar-refractivity contribution is -0.115. The number of alkyl halides is 3. The SMILES string of the molecule is COc1cccc(NC(=O)CNCCSC(F)(F)F)c1. The Balaban J connectivity index is 2.23. The summed E-state index contributed by atoms with van der Waals surface area (Å²) < 4.78 is 40.5. The molecule has 2 N–H and O–H groups in total. The lowest BCUT2D eigenvalue weighted by atomic mass is 10.3. The number of anilines is 1. The predicted molar refractivity (Wildman–Crippen MR) is 73.0 cm³/mol. The van der Waals surface area contributed by atoms with Crippen LogP contribution in [0.25, 0.3) is 0 Å². The predicted octanol–water partition coefficient (Wildman–Crippen LogP) is 2.48. The van der Waals surface area contributed by atoms with Crippen LogP contribution in [0.15, 0.2) is 24.3 Å². The van der Waals surface area contributed by atoms with Gasteiger partial charge in [-0.25, -0.2) is 0 Å². The quantitative estimate of drug-likeness (QED) is 0.760. The highest BCUT2D eigenvalue weighted by Crippen LogP contribution is 2.29. The fourth-order valence-corrected chi connectivity index (χ4v) is 1.82. The van der Waals surface area contributed by atoms with Gasteiger partial charge in [0, 0.05) is 24.1 Å². The first-order chi connectivity index (χ1) is 9.40. The molecular formula is C12H15F3N2O2S. The van der Waals surface area contributed by atoms with Crippen LogP contribution in [0.4, 0.5) is 18.9 Å². The summed E-state index contributed by atoms with van der Waals surface area (Å²) in [7, 11) is 1.51. The van der Waals surface area contributed by atoms with Crippen LogP contribution < -0.4 is 15.4 Å². The number of benzene rings is 1. The molecule has 1 rings (SSSR count). The van der Waals surface area contributed by atoms with Gasteiger partial charge in [-0.05, 0) is 23.9 Å². The topological polar surface area (TPSA) is 50.4 Å². The Morgan fingerprint density at radius 3 is 2.80 bits per heavy atom. The molecule has 112 valence electrons. The second-order valence-electron chi connectivity index (χ2n) is 3.75. The molecule has 0 fully saturated rings. The maximum Gasteiger partial charge on any atom is 0.441 e. The molecule has 4 nitrogen and oxygen atoms in total. The Hall–Kier alpha value is -1.41. The van der Waals surface area contributed by atoms with Crippen molar-refractivity contribution in [2.45, 2.75) is 5.51 Å². The molecule has 0 bridgehead atoms. The van der Waals surface area contributed by atoms with Crippen molar-refractivity contribution in [1.82, 2.24) is 5.32 Å². The largest absolute Gasteiger partial charge is 0.497 e. The van der Waals surface area contributed by atoms with Gasteiger partial charge in [-0.1, -0.05) is 6.07 Å². The zero-order chi connectivity index (χ0) is 15.0. The zero-order valence-corrected chi connectivity index (χ0v) is 11.6. The first-order valence-corrected chi connectivity index (χ1v) is 6.74. The minimum absolute atomic E-state index is 0.0460. The third kappa shape index (κ3) is 7.25. The highest BCUT2D eigenvalue weighted by atomic mass is 32.2. The van der Waals surface area contributed by atoms with Crippen LogP contribution >= 0.6 is 11.8 Å². The molecule has 0 spiro atoms. The van der Waals surface area contributed by atoms with E-state index in [1.807, 2.05) is 0 Å². The summed E-state index contributed by atoms with van der Waals surface area (Å²) in [6.45, 7) is 0.0608. The molecule has 1 aromatic rings. The smallest absolute Gasteiger partial charge is 0.441 e. The van der Waals surface area contributed by atoms with Crippen LogP contribution in [0, 0.1) is 0 Å². The summed E-state index contributed by atoms with van der Waals surface area (Å²) in [6, 6.07) is 6.81. The van der Waals surface area contributed by atoms with Crippen molar-refractivity contribution >= 4 is 23.4 Å². The van der Waals surface area contributed by atoms with E-state index in [9.17, 15) is 18.0 Å². The fraction of sp³-hybridized carbons (Fsp3) is 0.417. The van der Waals surface area contributed by atoms with E-state index in [1.54, 1.807) is 24.3 Å². The number of methoxy groups -OCH3 is 1. The van der Waals surface area contributed by atoms with Gasteiger partial charge in [0.25, 0.3) is 0 Å². The Kier molecular flexibility index (Phi) is 6.66. The average Bonchev–Trinajstić information content (AvgIpc) is 2.37. The molecule has 0 aromatic heterocycles. The number of carbonyl (C=O) groups excluding carboxylic acids is 1. The van der Waals surface area contributed by atoms with E-state index < -0.39 is 5.51 Å². The molecule has 8 heteroatoms. The van der Waals surface area contributed by atoms with Crippen LogP contribution in [-0.4, -0.2) is 37.4 Å². The molecule has 0 atom stereocenters. The number of carbonyl (C=O) groups is 1. The maximum atomic E-state index is 11.8. The second kappa shape index (κ2) is 8.01. The molecule has 0 saturated carbocycles. The van der Waals surface area contributed by atoms with E-state index in [2.05, 4.69) is 10.6 Å². The lowest BCUT2D eigenvalue weighted by Gasteiger charge is -2.08. The molecule has 20 heavy (non-hydrogen) atoms. The van der Waals surface area contributed by atoms with E-state index >= 15 is 0 Å². The number of ether oxygens (including phenoxy) is 1. The highest BCUT2D eigenvalue weighted by Gasteiger charge is 2.27. The number of thioether (sulfide) groups is 1. The van der Waals surface area contributed by atoms with E-state index in [-0.39, 0.29) is 36.5 Å². The molecule has 0 aliphatic carbocycles. The number of hydrogen-bond acceptors (Lipinski definition) is 4. The van der Waals surface area contributed by atoms with Gasteiger partial charge in [-0.3, -0.25) is 4.79 Å². The monoisotopic (exact) mass is 308 g/mol. The van der Waals surface area contributed by atoms with Crippen molar-refractivity contribution < 1.29 is 22.7 Å². The molecule has 0 heterocycles.